The number of rotatable bonds is 10. The topological polar surface area (TPSA) is 56.6 Å². The third-order valence-corrected chi connectivity index (χ3v) is 6.58. The highest BCUT2D eigenvalue weighted by Gasteiger charge is 2.33. The van der Waals surface area contributed by atoms with Gasteiger partial charge in [-0.05, 0) is 42.7 Å². The third kappa shape index (κ3) is 5.16. The van der Waals surface area contributed by atoms with Crippen LogP contribution in [0.4, 0.5) is 0 Å². The molecule has 1 aromatic heterocycles. The first kappa shape index (κ1) is 23.0. The zero-order valence-corrected chi connectivity index (χ0v) is 20.1. The lowest BCUT2D eigenvalue weighted by Crippen LogP contribution is -2.24. The van der Waals surface area contributed by atoms with E-state index in [4.69, 9.17) is 14.5 Å². The molecule has 0 radical (unpaired) electrons. The fraction of sp³-hybridized carbons (Fsp3) is 0.310. The number of methoxy groups -OCH3 is 1. The lowest BCUT2D eigenvalue weighted by molar-refractivity contribution is -0.128. The summed E-state index contributed by atoms with van der Waals surface area (Å²) in [6.45, 7) is 2.81. The molecule has 180 valence electrons. The Morgan fingerprint density at radius 1 is 0.914 bits per heavy atom. The second kappa shape index (κ2) is 10.6. The second-order valence-corrected chi connectivity index (χ2v) is 8.98. The zero-order valence-electron chi connectivity index (χ0n) is 20.1. The van der Waals surface area contributed by atoms with Gasteiger partial charge in [-0.3, -0.25) is 4.79 Å². The van der Waals surface area contributed by atoms with Crippen LogP contribution in [0.2, 0.25) is 0 Å². The van der Waals surface area contributed by atoms with Gasteiger partial charge in [-0.2, -0.15) is 0 Å². The fourth-order valence-electron chi connectivity index (χ4n) is 4.83. The van der Waals surface area contributed by atoms with E-state index in [9.17, 15) is 4.79 Å². The van der Waals surface area contributed by atoms with Crippen LogP contribution in [0.15, 0.2) is 78.9 Å². The second-order valence-electron chi connectivity index (χ2n) is 8.98. The highest BCUT2D eigenvalue weighted by atomic mass is 16.5. The first-order chi connectivity index (χ1) is 17.2. The van der Waals surface area contributed by atoms with Gasteiger partial charge in [0.2, 0.25) is 5.91 Å². The van der Waals surface area contributed by atoms with E-state index in [2.05, 4.69) is 34.9 Å². The number of carbonyl (C=O) groups excluding carboxylic acids is 1. The average molecular weight is 470 g/mol. The summed E-state index contributed by atoms with van der Waals surface area (Å²) in [5.74, 6) is 2.83. The Kier molecular flexibility index (Phi) is 6.98. The number of unbranched alkanes of at least 4 members (excludes halogenated alkanes) is 1. The molecule has 0 N–H and O–H groups in total. The molecule has 6 nitrogen and oxygen atoms in total. The van der Waals surface area contributed by atoms with Crippen molar-refractivity contribution in [3.8, 4) is 11.5 Å². The fourth-order valence-corrected chi connectivity index (χ4v) is 4.83. The van der Waals surface area contributed by atoms with Crippen molar-refractivity contribution in [3.05, 3.63) is 90.3 Å². The van der Waals surface area contributed by atoms with Crippen molar-refractivity contribution < 1.29 is 14.3 Å². The number of hydrogen-bond acceptors (Lipinski definition) is 4. The largest absolute Gasteiger partial charge is 0.493 e. The predicted octanol–water partition coefficient (Wildman–Crippen LogP) is 5.42. The number of aromatic nitrogens is 2. The van der Waals surface area contributed by atoms with Crippen molar-refractivity contribution in [2.45, 2.75) is 38.3 Å². The van der Waals surface area contributed by atoms with Crippen LogP contribution in [0.1, 0.15) is 36.6 Å². The van der Waals surface area contributed by atoms with Crippen LogP contribution in [0.25, 0.3) is 11.0 Å². The summed E-state index contributed by atoms with van der Waals surface area (Å²) in [6.07, 6.45) is 2.37. The highest BCUT2D eigenvalue weighted by molar-refractivity contribution is 5.81. The molecule has 1 saturated heterocycles. The van der Waals surface area contributed by atoms with E-state index in [-0.39, 0.29) is 11.8 Å². The minimum atomic E-state index is 0.100. The maximum atomic E-state index is 12.8. The molecule has 2 heterocycles. The van der Waals surface area contributed by atoms with Gasteiger partial charge in [-0.25, -0.2) is 4.98 Å². The molecular formula is C29H31N3O3. The van der Waals surface area contributed by atoms with Gasteiger partial charge in [0.25, 0.3) is 0 Å². The summed E-state index contributed by atoms with van der Waals surface area (Å²) >= 11 is 0. The highest BCUT2D eigenvalue weighted by Crippen LogP contribution is 2.32. The van der Waals surface area contributed by atoms with Gasteiger partial charge < -0.3 is 18.9 Å². The minimum Gasteiger partial charge on any atom is -0.493 e. The lowest BCUT2D eigenvalue weighted by Gasteiger charge is -2.17. The molecule has 4 aromatic rings. The molecule has 5 rings (SSSR count). The maximum Gasteiger partial charge on any atom is 0.223 e. The van der Waals surface area contributed by atoms with Crippen LogP contribution in [0.3, 0.4) is 0 Å². The van der Waals surface area contributed by atoms with Crippen LogP contribution in [-0.4, -0.2) is 40.6 Å². The number of likely N-dealkylation sites (tertiary alicyclic amines) is 1. The van der Waals surface area contributed by atoms with Crippen LogP contribution in [0.5, 0.6) is 11.5 Å². The smallest absolute Gasteiger partial charge is 0.223 e. The molecule has 1 aliphatic rings. The van der Waals surface area contributed by atoms with Crippen molar-refractivity contribution in [1.29, 1.82) is 0 Å². The van der Waals surface area contributed by atoms with Gasteiger partial charge in [0, 0.05) is 32.0 Å². The van der Waals surface area contributed by atoms with Gasteiger partial charge in [0.05, 0.1) is 24.8 Å². The van der Waals surface area contributed by atoms with Crippen molar-refractivity contribution in [2.75, 3.05) is 20.3 Å². The van der Waals surface area contributed by atoms with Crippen molar-refractivity contribution in [2.24, 2.45) is 0 Å². The lowest BCUT2D eigenvalue weighted by atomic mass is 10.1. The summed E-state index contributed by atoms with van der Waals surface area (Å²) in [4.78, 5) is 19.8. The quantitative estimate of drug-likeness (QED) is 0.291. The molecule has 3 aromatic carbocycles. The summed E-state index contributed by atoms with van der Waals surface area (Å²) in [7, 11) is 1.66. The molecule has 1 atom stereocenters. The molecular weight excluding hydrogens is 438 g/mol. The normalized spacial score (nSPS) is 15.6. The van der Waals surface area contributed by atoms with Crippen molar-refractivity contribution >= 4 is 16.9 Å². The standard InChI is InChI=1S/C29H31N3O3/c1-34-26-15-7-8-16-27(26)35-18-10-9-17-32-25-14-6-5-13-24(25)30-29(32)23-19-28(33)31(21-23)20-22-11-3-2-4-12-22/h2-8,11-16,23H,9-10,17-21H2,1H3. The average Bonchev–Trinajstić information content (AvgIpc) is 3.44. The molecule has 0 saturated carbocycles. The third-order valence-electron chi connectivity index (χ3n) is 6.58. The van der Waals surface area contributed by atoms with Crippen LogP contribution < -0.4 is 9.47 Å². The number of amides is 1. The van der Waals surface area contributed by atoms with Crippen molar-refractivity contribution in [1.82, 2.24) is 14.5 Å². The number of aryl methyl sites for hydroxylation is 1. The Hall–Kier alpha value is -3.80. The van der Waals surface area contributed by atoms with Crippen LogP contribution in [0, 0.1) is 0 Å². The molecule has 1 fully saturated rings. The van der Waals surface area contributed by atoms with Crippen LogP contribution >= 0.6 is 0 Å². The molecule has 1 amide bonds. The summed E-state index contributed by atoms with van der Waals surface area (Å²) in [5, 5.41) is 0. The maximum absolute atomic E-state index is 12.8. The number of benzene rings is 3. The van der Waals surface area contributed by atoms with E-state index < -0.39 is 0 Å². The SMILES string of the molecule is COc1ccccc1OCCCCn1c(C2CC(=O)N(Cc3ccccc3)C2)nc2ccccc21. The number of hydrogen-bond donors (Lipinski definition) is 0. The number of para-hydroxylation sites is 4. The van der Waals surface area contributed by atoms with Crippen LogP contribution in [-0.2, 0) is 17.9 Å². The molecule has 6 heteroatoms. The summed E-state index contributed by atoms with van der Waals surface area (Å²) < 4.78 is 13.6. The Balaban J connectivity index is 1.26. The number of carbonyl (C=O) groups is 1. The molecule has 0 bridgehead atoms. The number of imidazole rings is 1. The number of fused-ring (bicyclic) bond motifs is 1. The Morgan fingerprint density at radius 2 is 1.66 bits per heavy atom. The van der Waals surface area contributed by atoms with E-state index in [0.29, 0.717) is 26.1 Å². The first-order valence-corrected chi connectivity index (χ1v) is 12.3. The van der Waals surface area contributed by atoms with Gasteiger partial charge in [0.15, 0.2) is 11.5 Å². The van der Waals surface area contributed by atoms with Crippen molar-refractivity contribution in [3.63, 3.8) is 0 Å². The molecule has 1 unspecified atom stereocenters. The summed E-state index contributed by atoms with van der Waals surface area (Å²) in [6, 6.07) is 26.2. The van der Waals surface area contributed by atoms with Gasteiger partial charge in [-0.15, -0.1) is 0 Å². The van der Waals surface area contributed by atoms with E-state index in [1.54, 1.807) is 7.11 Å². The van der Waals surface area contributed by atoms with E-state index >= 15 is 0 Å². The Bertz CT molecular complexity index is 1280. The number of ether oxygens (including phenoxy) is 2. The number of nitrogens with zero attached hydrogens (tertiary/aromatic N) is 3. The first-order valence-electron chi connectivity index (χ1n) is 12.3. The predicted molar refractivity (Wildman–Crippen MR) is 137 cm³/mol. The van der Waals surface area contributed by atoms with Gasteiger partial charge in [-0.1, -0.05) is 54.6 Å². The molecule has 35 heavy (non-hydrogen) atoms. The molecule has 0 aliphatic carbocycles. The van der Waals surface area contributed by atoms with Gasteiger partial charge >= 0.3 is 0 Å². The summed E-state index contributed by atoms with van der Waals surface area (Å²) in [5.41, 5.74) is 3.27. The molecule has 1 aliphatic heterocycles. The monoisotopic (exact) mass is 469 g/mol. The molecule has 0 spiro atoms. The Morgan fingerprint density at radius 3 is 2.49 bits per heavy atom. The van der Waals surface area contributed by atoms with Gasteiger partial charge in [0.1, 0.15) is 5.82 Å². The minimum absolute atomic E-state index is 0.100. The van der Waals surface area contributed by atoms with E-state index in [1.165, 1.54) is 0 Å². The Labute approximate surface area is 206 Å². The zero-order chi connectivity index (χ0) is 24.0. The van der Waals surface area contributed by atoms with E-state index in [1.807, 2.05) is 53.4 Å². The van der Waals surface area contributed by atoms with E-state index in [0.717, 1.165) is 53.3 Å².